The number of rotatable bonds is 7. The third kappa shape index (κ3) is 3.36. The van der Waals surface area contributed by atoms with Gasteiger partial charge in [-0.25, -0.2) is 0 Å². The first kappa shape index (κ1) is 13.8. The van der Waals surface area contributed by atoms with Crippen molar-refractivity contribution in [1.82, 2.24) is 4.90 Å². The monoisotopic (exact) mass is 247 g/mol. The lowest BCUT2D eigenvalue weighted by Crippen LogP contribution is -2.45. The summed E-state index contributed by atoms with van der Waals surface area (Å²) in [6, 6.07) is 0. The third-order valence-electron chi connectivity index (χ3n) is 3.37. The minimum atomic E-state index is -0.171. The molecule has 0 heterocycles. The summed E-state index contributed by atoms with van der Waals surface area (Å²) in [6.45, 7) is 3.52. The standard InChI is InChI=1S/C12H22ClNO2/c1-3-8-14(9-7-13)11(15)10-12(16-2)5-4-6-12/h3-10H2,1-2H3. The molecule has 0 unspecified atom stereocenters. The maximum absolute atomic E-state index is 12.1. The van der Waals surface area contributed by atoms with Crippen molar-refractivity contribution in [1.29, 1.82) is 0 Å². The molecule has 1 aliphatic carbocycles. The Morgan fingerprint density at radius 1 is 1.44 bits per heavy atom. The van der Waals surface area contributed by atoms with Crippen molar-refractivity contribution in [3.63, 3.8) is 0 Å². The number of nitrogens with zero attached hydrogens (tertiary/aromatic N) is 1. The highest BCUT2D eigenvalue weighted by atomic mass is 35.5. The first-order valence-corrected chi connectivity index (χ1v) is 6.60. The fourth-order valence-corrected chi connectivity index (χ4v) is 2.35. The average Bonchev–Trinajstić information content (AvgIpc) is 2.23. The molecule has 0 aromatic carbocycles. The zero-order valence-corrected chi connectivity index (χ0v) is 11.1. The molecule has 1 aliphatic rings. The fraction of sp³-hybridized carbons (Fsp3) is 0.917. The molecule has 0 N–H and O–H groups in total. The van der Waals surface area contributed by atoms with Crippen molar-refractivity contribution in [2.24, 2.45) is 0 Å². The van der Waals surface area contributed by atoms with Gasteiger partial charge in [-0.15, -0.1) is 11.6 Å². The molecule has 0 bridgehead atoms. The molecule has 0 spiro atoms. The molecular formula is C12H22ClNO2. The second-order valence-electron chi connectivity index (χ2n) is 4.49. The molecule has 0 aromatic heterocycles. The largest absolute Gasteiger partial charge is 0.378 e. The zero-order valence-electron chi connectivity index (χ0n) is 10.3. The van der Waals surface area contributed by atoms with Gasteiger partial charge >= 0.3 is 0 Å². The van der Waals surface area contributed by atoms with Crippen LogP contribution in [0.3, 0.4) is 0 Å². The van der Waals surface area contributed by atoms with Gasteiger partial charge in [0.25, 0.3) is 0 Å². The van der Waals surface area contributed by atoms with Crippen LogP contribution >= 0.6 is 11.6 Å². The highest BCUT2D eigenvalue weighted by Gasteiger charge is 2.39. The summed E-state index contributed by atoms with van der Waals surface area (Å²) >= 11 is 5.70. The molecule has 1 rings (SSSR count). The van der Waals surface area contributed by atoms with Crippen LogP contribution in [0.5, 0.6) is 0 Å². The van der Waals surface area contributed by atoms with E-state index >= 15 is 0 Å². The van der Waals surface area contributed by atoms with Crippen molar-refractivity contribution in [2.75, 3.05) is 26.1 Å². The van der Waals surface area contributed by atoms with Crippen LogP contribution in [0, 0.1) is 0 Å². The van der Waals surface area contributed by atoms with E-state index in [0.29, 0.717) is 18.8 Å². The summed E-state index contributed by atoms with van der Waals surface area (Å²) in [5, 5.41) is 0. The number of carbonyl (C=O) groups is 1. The topological polar surface area (TPSA) is 29.5 Å². The van der Waals surface area contributed by atoms with Crippen LogP contribution in [-0.2, 0) is 9.53 Å². The molecule has 1 saturated carbocycles. The van der Waals surface area contributed by atoms with Crippen LogP contribution in [0.2, 0.25) is 0 Å². The van der Waals surface area contributed by atoms with E-state index < -0.39 is 0 Å². The van der Waals surface area contributed by atoms with Crippen molar-refractivity contribution in [2.45, 2.75) is 44.6 Å². The number of hydrogen-bond donors (Lipinski definition) is 0. The first-order valence-electron chi connectivity index (χ1n) is 6.06. The van der Waals surface area contributed by atoms with Crippen LogP contribution in [0.4, 0.5) is 0 Å². The number of halogens is 1. The molecule has 0 atom stereocenters. The highest BCUT2D eigenvalue weighted by molar-refractivity contribution is 6.18. The van der Waals surface area contributed by atoms with Gasteiger partial charge in [-0.2, -0.15) is 0 Å². The summed E-state index contributed by atoms with van der Waals surface area (Å²) in [7, 11) is 1.71. The van der Waals surface area contributed by atoms with Gasteiger partial charge in [0.1, 0.15) is 0 Å². The Kier molecular flexibility index (Phi) is 5.56. The lowest BCUT2D eigenvalue weighted by Gasteiger charge is -2.41. The summed E-state index contributed by atoms with van der Waals surface area (Å²) in [4.78, 5) is 13.9. The first-order chi connectivity index (χ1) is 7.67. The Morgan fingerprint density at radius 3 is 2.50 bits per heavy atom. The van der Waals surface area contributed by atoms with E-state index in [2.05, 4.69) is 6.92 Å². The molecule has 0 radical (unpaired) electrons. The quantitative estimate of drug-likeness (QED) is 0.647. The number of alkyl halides is 1. The normalized spacial score (nSPS) is 17.9. The van der Waals surface area contributed by atoms with E-state index in [1.54, 1.807) is 7.11 Å². The Bertz CT molecular complexity index is 218. The smallest absolute Gasteiger partial charge is 0.225 e. The molecule has 94 valence electrons. The Balaban J connectivity index is 2.47. The van der Waals surface area contributed by atoms with Gasteiger partial charge in [0.2, 0.25) is 5.91 Å². The van der Waals surface area contributed by atoms with Crippen molar-refractivity contribution >= 4 is 17.5 Å². The fourth-order valence-electron chi connectivity index (χ4n) is 2.14. The van der Waals surface area contributed by atoms with E-state index in [1.165, 1.54) is 6.42 Å². The molecule has 0 aromatic rings. The van der Waals surface area contributed by atoms with Crippen LogP contribution in [0.15, 0.2) is 0 Å². The average molecular weight is 248 g/mol. The van der Waals surface area contributed by atoms with Gasteiger partial charge in [-0.05, 0) is 25.7 Å². The minimum absolute atomic E-state index is 0.171. The van der Waals surface area contributed by atoms with Crippen LogP contribution in [0.1, 0.15) is 39.0 Å². The summed E-state index contributed by atoms with van der Waals surface area (Å²) in [6.07, 6.45) is 4.68. The van der Waals surface area contributed by atoms with Crippen LogP contribution in [-0.4, -0.2) is 42.5 Å². The Hall–Kier alpha value is -0.280. The van der Waals surface area contributed by atoms with Gasteiger partial charge in [0, 0.05) is 26.1 Å². The molecule has 16 heavy (non-hydrogen) atoms. The van der Waals surface area contributed by atoms with E-state index in [9.17, 15) is 4.79 Å². The molecule has 1 fully saturated rings. The molecular weight excluding hydrogens is 226 g/mol. The summed E-state index contributed by atoms with van der Waals surface area (Å²) in [5.74, 6) is 0.690. The molecule has 4 heteroatoms. The minimum Gasteiger partial charge on any atom is -0.378 e. The van der Waals surface area contributed by atoms with Gasteiger partial charge in [0.05, 0.1) is 12.0 Å². The van der Waals surface area contributed by atoms with Gasteiger partial charge < -0.3 is 9.64 Å². The molecule has 0 saturated heterocycles. The van der Waals surface area contributed by atoms with Crippen molar-refractivity contribution in [3.8, 4) is 0 Å². The van der Waals surface area contributed by atoms with E-state index in [0.717, 1.165) is 25.8 Å². The third-order valence-corrected chi connectivity index (χ3v) is 3.54. The SMILES string of the molecule is CCCN(CCCl)C(=O)CC1(OC)CCC1. The van der Waals surface area contributed by atoms with E-state index in [1.807, 2.05) is 4.90 Å². The van der Waals surface area contributed by atoms with E-state index in [-0.39, 0.29) is 11.5 Å². The summed E-state index contributed by atoms with van der Waals surface area (Å²) < 4.78 is 5.47. The molecule has 0 aliphatic heterocycles. The predicted molar refractivity (Wildman–Crippen MR) is 65.8 cm³/mol. The van der Waals surface area contributed by atoms with Crippen LogP contribution in [0.25, 0.3) is 0 Å². The van der Waals surface area contributed by atoms with Crippen LogP contribution < -0.4 is 0 Å². The van der Waals surface area contributed by atoms with Gasteiger partial charge in [-0.1, -0.05) is 6.92 Å². The second kappa shape index (κ2) is 6.45. The maximum atomic E-state index is 12.1. The Morgan fingerprint density at radius 2 is 2.12 bits per heavy atom. The number of carbonyl (C=O) groups excluding carboxylic acids is 1. The van der Waals surface area contributed by atoms with Gasteiger partial charge in [0.15, 0.2) is 0 Å². The highest BCUT2D eigenvalue weighted by Crippen LogP contribution is 2.38. The number of hydrogen-bond acceptors (Lipinski definition) is 2. The Labute approximate surface area is 103 Å². The number of amides is 1. The maximum Gasteiger partial charge on any atom is 0.225 e. The molecule has 1 amide bonds. The van der Waals surface area contributed by atoms with Crippen molar-refractivity contribution in [3.05, 3.63) is 0 Å². The predicted octanol–water partition coefficient (Wildman–Crippen LogP) is 2.42. The lowest BCUT2D eigenvalue weighted by molar-refractivity contribution is -0.143. The van der Waals surface area contributed by atoms with E-state index in [4.69, 9.17) is 16.3 Å². The number of ether oxygens (including phenoxy) is 1. The number of methoxy groups -OCH3 is 1. The zero-order chi connectivity index (χ0) is 12.0. The molecule has 3 nitrogen and oxygen atoms in total. The van der Waals surface area contributed by atoms with Crippen molar-refractivity contribution < 1.29 is 9.53 Å². The summed E-state index contributed by atoms with van der Waals surface area (Å²) in [5.41, 5.74) is -0.171. The second-order valence-corrected chi connectivity index (χ2v) is 4.87. The lowest BCUT2D eigenvalue weighted by atomic mass is 9.77. The van der Waals surface area contributed by atoms with Gasteiger partial charge in [-0.3, -0.25) is 4.79 Å².